The molecule has 0 radical (unpaired) electrons. The molecule has 0 bridgehead atoms. The van der Waals surface area contributed by atoms with Gasteiger partial charge in [-0.3, -0.25) is 14.4 Å². The van der Waals surface area contributed by atoms with Gasteiger partial charge in [-0.2, -0.15) is 0 Å². The summed E-state index contributed by atoms with van der Waals surface area (Å²) in [6.07, 6.45) is 0.496. The lowest BCUT2D eigenvalue weighted by atomic mass is 10.2. The quantitative estimate of drug-likeness (QED) is 0.581. The van der Waals surface area contributed by atoms with Crippen LogP contribution in [0.3, 0.4) is 0 Å². The summed E-state index contributed by atoms with van der Waals surface area (Å²) in [7, 11) is 0. The van der Waals surface area contributed by atoms with Gasteiger partial charge in [-0.25, -0.2) is 0 Å². The second-order valence-corrected chi connectivity index (χ2v) is 6.92. The number of rotatable bonds is 8. The molecule has 2 N–H and O–H groups in total. The van der Waals surface area contributed by atoms with Crippen molar-refractivity contribution in [1.29, 1.82) is 0 Å². The van der Waals surface area contributed by atoms with Crippen LogP contribution in [0.1, 0.15) is 19.3 Å². The first-order valence-corrected chi connectivity index (χ1v) is 9.36. The van der Waals surface area contributed by atoms with Gasteiger partial charge in [-0.15, -0.1) is 0 Å². The number of para-hydroxylation sites is 1. The maximum Gasteiger partial charge on any atom is 0.306 e. The molecule has 0 aliphatic carbocycles. The molecule has 0 aliphatic heterocycles. The average molecular weight is 454 g/mol. The molecular weight excluding hydrogens is 436 g/mol. The zero-order valence-electron chi connectivity index (χ0n) is 14.3. The molecular formula is C19H18BrClN2O4. The summed E-state index contributed by atoms with van der Waals surface area (Å²) >= 11 is 9.26. The maximum absolute atomic E-state index is 11.9. The summed E-state index contributed by atoms with van der Waals surface area (Å²) in [5.41, 5.74) is 1.13. The van der Waals surface area contributed by atoms with Crippen LogP contribution in [-0.2, 0) is 19.1 Å². The molecule has 2 aromatic carbocycles. The summed E-state index contributed by atoms with van der Waals surface area (Å²) in [4.78, 5) is 35.3. The summed E-state index contributed by atoms with van der Waals surface area (Å²) in [5.74, 6) is -1.21. The second-order valence-electron chi connectivity index (χ2n) is 5.60. The highest BCUT2D eigenvalue weighted by Crippen LogP contribution is 2.20. The largest absolute Gasteiger partial charge is 0.456 e. The van der Waals surface area contributed by atoms with Crippen LogP contribution in [0.25, 0.3) is 0 Å². The number of nitrogens with one attached hydrogen (secondary N) is 2. The zero-order valence-corrected chi connectivity index (χ0v) is 16.7. The van der Waals surface area contributed by atoms with Crippen LogP contribution in [0.5, 0.6) is 0 Å². The molecule has 0 aliphatic rings. The van der Waals surface area contributed by atoms with E-state index in [1.807, 2.05) is 0 Å². The molecule has 6 nitrogen and oxygen atoms in total. The summed E-state index contributed by atoms with van der Waals surface area (Å²) < 4.78 is 5.80. The molecule has 0 aromatic heterocycles. The first kappa shape index (κ1) is 20.9. The number of anilines is 2. The summed E-state index contributed by atoms with van der Waals surface area (Å²) in [6, 6.07) is 13.9. The number of benzene rings is 2. The number of esters is 1. The number of ether oxygens (including phenoxy) is 1. The van der Waals surface area contributed by atoms with Crippen molar-refractivity contribution in [2.45, 2.75) is 19.3 Å². The van der Waals surface area contributed by atoms with Crippen LogP contribution in [0.15, 0.2) is 53.0 Å². The van der Waals surface area contributed by atoms with Gasteiger partial charge in [0.15, 0.2) is 6.61 Å². The lowest BCUT2D eigenvalue weighted by Gasteiger charge is -2.08. The SMILES string of the molecule is O=C(COC(=O)CCCC(=O)Nc1ccccc1Cl)Nc1ccc(Br)cc1. The molecule has 142 valence electrons. The number of halogens is 2. The Hall–Kier alpha value is -2.38. The molecule has 2 amide bonds. The maximum atomic E-state index is 11.9. The van der Waals surface area contributed by atoms with Crippen molar-refractivity contribution >= 4 is 56.7 Å². The number of hydrogen-bond acceptors (Lipinski definition) is 4. The Bertz CT molecular complexity index is 812. The minimum absolute atomic E-state index is 0.0432. The van der Waals surface area contributed by atoms with E-state index in [1.54, 1.807) is 48.5 Å². The van der Waals surface area contributed by atoms with Crippen molar-refractivity contribution in [2.75, 3.05) is 17.2 Å². The van der Waals surface area contributed by atoms with Crippen LogP contribution in [0.4, 0.5) is 11.4 Å². The van der Waals surface area contributed by atoms with E-state index >= 15 is 0 Å². The molecule has 0 saturated heterocycles. The number of amides is 2. The topological polar surface area (TPSA) is 84.5 Å². The van der Waals surface area contributed by atoms with Crippen LogP contribution in [-0.4, -0.2) is 24.4 Å². The van der Waals surface area contributed by atoms with Gasteiger partial charge in [-0.05, 0) is 42.8 Å². The van der Waals surface area contributed by atoms with E-state index in [2.05, 4.69) is 26.6 Å². The van der Waals surface area contributed by atoms with Gasteiger partial charge < -0.3 is 15.4 Å². The average Bonchev–Trinajstić information content (AvgIpc) is 2.64. The smallest absolute Gasteiger partial charge is 0.306 e. The first-order chi connectivity index (χ1) is 12.9. The van der Waals surface area contributed by atoms with E-state index in [0.717, 1.165) is 4.47 Å². The van der Waals surface area contributed by atoms with E-state index in [4.69, 9.17) is 16.3 Å². The van der Waals surface area contributed by atoms with E-state index in [1.165, 1.54) is 0 Å². The highest BCUT2D eigenvalue weighted by atomic mass is 79.9. The monoisotopic (exact) mass is 452 g/mol. The van der Waals surface area contributed by atoms with E-state index in [-0.39, 0.29) is 25.4 Å². The molecule has 27 heavy (non-hydrogen) atoms. The highest BCUT2D eigenvalue weighted by molar-refractivity contribution is 9.10. The first-order valence-electron chi connectivity index (χ1n) is 8.19. The zero-order chi connectivity index (χ0) is 19.6. The molecule has 0 unspecified atom stereocenters. The Morgan fingerprint density at radius 3 is 2.33 bits per heavy atom. The third kappa shape index (κ3) is 7.80. The van der Waals surface area contributed by atoms with Crippen molar-refractivity contribution in [3.05, 3.63) is 58.0 Å². The fourth-order valence-electron chi connectivity index (χ4n) is 2.12. The van der Waals surface area contributed by atoms with Gasteiger partial charge in [0.1, 0.15) is 0 Å². The van der Waals surface area contributed by atoms with Crippen molar-refractivity contribution < 1.29 is 19.1 Å². The molecule has 0 heterocycles. The predicted octanol–water partition coefficient (Wildman–Crippen LogP) is 4.39. The third-order valence-electron chi connectivity index (χ3n) is 3.42. The van der Waals surface area contributed by atoms with Crippen molar-refractivity contribution in [3.8, 4) is 0 Å². The summed E-state index contributed by atoms with van der Waals surface area (Å²) in [6.45, 7) is -0.374. The van der Waals surface area contributed by atoms with Crippen LogP contribution < -0.4 is 10.6 Å². The Morgan fingerprint density at radius 2 is 1.63 bits per heavy atom. The lowest BCUT2D eigenvalue weighted by Crippen LogP contribution is -2.21. The molecule has 0 spiro atoms. The number of carbonyl (C=O) groups is 3. The van der Waals surface area contributed by atoms with Crippen LogP contribution >= 0.6 is 27.5 Å². The van der Waals surface area contributed by atoms with E-state index in [0.29, 0.717) is 22.8 Å². The van der Waals surface area contributed by atoms with E-state index in [9.17, 15) is 14.4 Å². The van der Waals surface area contributed by atoms with Crippen LogP contribution in [0.2, 0.25) is 5.02 Å². The van der Waals surface area contributed by atoms with Crippen LogP contribution in [0, 0.1) is 0 Å². The Kier molecular flexibility index (Phi) is 8.29. The molecule has 8 heteroatoms. The Morgan fingerprint density at radius 1 is 0.926 bits per heavy atom. The molecule has 2 rings (SSSR count). The van der Waals surface area contributed by atoms with Gasteiger partial charge in [-0.1, -0.05) is 39.7 Å². The van der Waals surface area contributed by atoms with Crippen molar-refractivity contribution in [3.63, 3.8) is 0 Å². The predicted molar refractivity (Wildman–Crippen MR) is 108 cm³/mol. The lowest BCUT2D eigenvalue weighted by molar-refractivity contribution is -0.147. The van der Waals surface area contributed by atoms with Gasteiger partial charge in [0.05, 0.1) is 10.7 Å². The highest BCUT2D eigenvalue weighted by Gasteiger charge is 2.10. The Balaban J connectivity index is 1.63. The molecule has 0 atom stereocenters. The Labute approximate surface area is 170 Å². The van der Waals surface area contributed by atoms with Gasteiger partial charge in [0.25, 0.3) is 5.91 Å². The standard InChI is InChI=1S/C19H18BrClN2O4/c20-13-8-10-14(11-9-13)22-18(25)12-27-19(26)7-3-6-17(24)23-16-5-2-1-4-15(16)21/h1-2,4-5,8-11H,3,6-7,12H2,(H,22,25)(H,23,24). The third-order valence-corrected chi connectivity index (χ3v) is 4.28. The summed E-state index contributed by atoms with van der Waals surface area (Å²) in [5, 5.41) is 5.74. The van der Waals surface area contributed by atoms with Gasteiger partial charge in [0, 0.05) is 23.0 Å². The van der Waals surface area contributed by atoms with Gasteiger partial charge >= 0.3 is 5.97 Å². The number of carbonyl (C=O) groups excluding carboxylic acids is 3. The second kappa shape index (κ2) is 10.7. The van der Waals surface area contributed by atoms with Crippen molar-refractivity contribution in [1.82, 2.24) is 0 Å². The number of hydrogen-bond donors (Lipinski definition) is 2. The minimum atomic E-state index is -0.536. The molecule has 0 fully saturated rings. The van der Waals surface area contributed by atoms with Crippen molar-refractivity contribution in [2.24, 2.45) is 0 Å². The molecule has 0 saturated carbocycles. The molecule has 2 aromatic rings. The van der Waals surface area contributed by atoms with E-state index < -0.39 is 11.9 Å². The van der Waals surface area contributed by atoms with Gasteiger partial charge in [0.2, 0.25) is 5.91 Å². The normalized spacial score (nSPS) is 10.1. The fraction of sp³-hybridized carbons (Fsp3) is 0.211. The minimum Gasteiger partial charge on any atom is -0.456 e. The fourth-order valence-corrected chi connectivity index (χ4v) is 2.56.